The largest absolute Gasteiger partial charge is 0.284 e. The molecule has 0 atom stereocenters. The number of halogens is 1. The fourth-order valence-electron chi connectivity index (χ4n) is 2.12. The molecule has 0 amide bonds. The monoisotopic (exact) mass is 305 g/mol. The van der Waals surface area contributed by atoms with Crippen LogP contribution in [0.25, 0.3) is 22.2 Å². The quantitative estimate of drug-likeness (QED) is 0.781. The summed E-state index contributed by atoms with van der Waals surface area (Å²) in [4.78, 5) is 0. The predicted molar refractivity (Wildman–Crippen MR) is 80.0 cm³/mol. The molecule has 0 saturated carbocycles. The van der Waals surface area contributed by atoms with Gasteiger partial charge in [-0.25, -0.2) is 12.8 Å². The van der Waals surface area contributed by atoms with Gasteiger partial charge in [0, 0.05) is 16.6 Å². The molecule has 3 rings (SSSR count). The Balaban J connectivity index is 1.99. The van der Waals surface area contributed by atoms with Gasteiger partial charge in [-0.05, 0) is 30.3 Å². The predicted octanol–water partition coefficient (Wildman–Crippen LogP) is 2.74. The van der Waals surface area contributed by atoms with E-state index in [9.17, 15) is 12.8 Å². The van der Waals surface area contributed by atoms with Gasteiger partial charge in [-0.1, -0.05) is 12.1 Å². The van der Waals surface area contributed by atoms with E-state index in [4.69, 9.17) is 0 Å². The number of nitrogens with zero attached hydrogens (tertiary/aromatic N) is 1. The van der Waals surface area contributed by atoms with Crippen LogP contribution >= 0.6 is 0 Å². The van der Waals surface area contributed by atoms with Crippen molar-refractivity contribution in [1.29, 1.82) is 0 Å². The van der Waals surface area contributed by atoms with Gasteiger partial charge >= 0.3 is 0 Å². The van der Waals surface area contributed by atoms with Gasteiger partial charge in [0.05, 0.1) is 17.5 Å². The van der Waals surface area contributed by atoms with Crippen LogP contribution in [-0.2, 0) is 10.0 Å². The third-order valence-electron chi connectivity index (χ3n) is 2.99. The molecule has 0 aliphatic heterocycles. The minimum absolute atomic E-state index is 0.328. The van der Waals surface area contributed by atoms with Gasteiger partial charge in [-0.2, -0.15) is 5.10 Å². The lowest BCUT2D eigenvalue weighted by molar-refractivity contribution is 0.607. The van der Waals surface area contributed by atoms with Crippen LogP contribution < -0.4 is 4.72 Å². The van der Waals surface area contributed by atoms with E-state index in [1.54, 1.807) is 30.3 Å². The number of aromatic nitrogens is 2. The first-order valence-corrected chi connectivity index (χ1v) is 8.03. The number of hydrogen-bond donors (Lipinski definition) is 2. The SMILES string of the molecule is CS(=O)(=O)Nc1ccc(-c2n[nH]c3cc(F)ccc23)cc1. The molecule has 1 heterocycles. The Bertz CT molecular complexity index is 902. The first-order chi connectivity index (χ1) is 9.92. The lowest BCUT2D eigenvalue weighted by Crippen LogP contribution is -2.09. The summed E-state index contributed by atoms with van der Waals surface area (Å²) in [5.74, 6) is -0.328. The Morgan fingerprint density at radius 2 is 1.86 bits per heavy atom. The van der Waals surface area contributed by atoms with Gasteiger partial charge in [-0.15, -0.1) is 0 Å². The van der Waals surface area contributed by atoms with Gasteiger partial charge in [0.1, 0.15) is 5.82 Å². The number of sulfonamides is 1. The van der Waals surface area contributed by atoms with Crippen LogP contribution in [0.1, 0.15) is 0 Å². The molecule has 0 spiro atoms. The summed E-state index contributed by atoms with van der Waals surface area (Å²) >= 11 is 0. The highest BCUT2D eigenvalue weighted by molar-refractivity contribution is 7.92. The second-order valence-electron chi connectivity index (χ2n) is 4.71. The molecule has 0 saturated heterocycles. The summed E-state index contributed by atoms with van der Waals surface area (Å²) in [5.41, 5.74) is 2.60. The molecule has 21 heavy (non-hydrogen) atoms. The Labute approximate surface area is 120 Å². The fraction of sp³-hybridized carbons (Fsp3) is 0.0714. The van der Waals surface area contributed by atoms with Crippen molar-refractivity contribution in [3.8, 4) is 11.3 Å². The summed E-state index contributed by atoms with van der Waals surface area (Å²) in [6, 6.07) is 11.2. The van der Waals surface area contributed by atoms with Gasteiger partial charge < -0.3 is 0 Å². The zero-order valence-electron chi connectivity index (χ0n) is 11.1. The van der Waals surface area contributed by atoms with Crippen LogP contribution in [0.15, 0.2) is 42.5 Å². The summed E-state index contributed by atoms with van der Waals surface area (Å²) in [7, 11) is -3.30. The van der Waals surface area contributed by atoms with E-state index in [0.717, 1.165) is 17.2 Å². The van der Waals surface area contributed by atoms with Gasteiger partial charge in [0.2, 0.25) is 10.0 Å². The molecule has 2 aromatic carbocycles. The minimum atomic E-state index is -3.30. The first-order valence-electron chi connectivity index (χ1n) is 6.14. The van der Waals surface area contributed by atoms with E-state index in [1.807, 2.05) is 0 Å². The van der Waals surface area contributed by atoms with Crippen molar-refractivity contribution in [2.45, 2.75) is 0 Å². The van der Waals surface area contributed by atoms with E-state index in [2.05, 4.69) is 14.9 Å². The van der Waals surface area contributed by atoms with Crippen LogP contribution in [0.4, 0.5) is 10.1 Å². The van der Waals surface area contributed by atoms with Gasteiger partial charge in [0.15, 0.2) is 0 Å². The third-order valence-corrected chi connectivity index (χ3v) is 3.59. The van der Waals surface area contributed by atoms with Crippen LogP contribution in [0, 0.1) is 5.82 Å². The van der Waals surface area contributed by atoms with Crippen molar-refractivity contribution in [2.24, 2.45) is 0 Å². The van der Waals surface area contributed by atoms with Crippen molar-refractivity contribution >= 4 is 26.6 Å². The van der Waals surface area contributed by atoms with E-state index >= 15 is 0 Å². The molecule has 0 fully saturated rings. The smallest absolute Gasteiger partial charge is 0.229 e. The number of nitrogens with one attached hydrogen (secondary N) is 2. The standard InChI is InChI=1S/C14H12FN3O2S/c1-21(19,20)18-11-5-2-9(3-6-11)14-12-7-4-10(15)8-13(12)16-17-14/h2-8,18H,1H3,(H,16,17). The van der Waals surface area contributed by atoms with E-state index in [0.29, 0.717) is 16.9 Å². The molecule has 2 N–H and O–H groups in total. The van der Waals surface area contributed by atoms with Crippen LogP contribution in [0.5, 0.6) is 0 Å². The zero-order chi connectivity index (χ0) is 15.0. The lowest BCUT2D eigenvalue weighted by Gasteiger charge is -2.04. The van der Waals surface area contributed by atoms with Gasteiger partial charge in [-0.3, -0.25) is 9.82 Å². The molecule has 0 aliphatic rings. The number of rotatable bonds is 3. The van der Waals surface area contributed by atoms with Crippen molar-refractivity contribution < 1.29 is 12.8 Å². The third kappa shape index (κ3) is 2.87. The molecular weight excluding hydrogens is 293 g/mol. The van der Waals surface area contributed by atoms with Crippen LogP contribution in [0.2, 0.25) is 0 Å². The molecule has 0 radical (unpaired) electrons. The molecular formula is C14H12FN3O2S. The topological polar surface area (TPSA) is 74.8 Å². The van der Waals surface area contributed by atoms with Gasteiger partial charge in [0.25, 0.3) is 0 Å². The van der Waals surface area contributed by atoms with Crippen LogP contribution in [-0.4, -0.2) is 24.9 Å². The highest BCUT2D eigenvalue weighted by atomic mass is 32.2. The number of anilines is 1. The maximum Gasteiger partial charge on any atom is 0.229 e. The number of hydrogen-bond acceptors (Lipinski definition) is 3. The molecule has 0 aliphatic carbocycles. The average Bonchev–Trinajstić information content (AvgIpc) is 2.80. The average molecular weight is 305 g/mol. The second-order valence-corrected chi connectivity index (χ2v) is 6.46. The van der Waals surface area contributed by atoms with Crippen molar-refractivity contribution in [3.05, 3.63) is 48.3 Å². The Kier molecular flexibility index (Phi) is 3.13. The summed E-state index contributed by atoms with van der Waals surface area (Å²) < 4.78 is 37.9. The molecule has 1 aromatic heterocycles. The molecule has 0 unspecified atom stereocenters. The minimum Gasteiger partial charge on any atom is -0.284 e. The summed E-state index contributed by atoms with van der Waals surface area (Å²) in [6.45, 7) is 0. The van der Waals surface area contributed by atoms with Crippen molar-refractivity contribution in [3.63, 3.8) is 0 Å². The molecule has 0 bridgehead atoms. The Morgan fingerprint density at radius 3 is 2.52 bits per heavy atom. The maximum atomic E-state index is 13.1. The lowest BCUT2D eigenvalue weighted by atomic mass is 10.1. The first kappa shape index (κ1) is 13.6. The summed E-state index contributed by atoms with van der Waals surface area (Å²) in [6.07, 6.45) is 1.09. The number of benzene rings is 2. The second kappa shape index (κ2) is 4.85. The molecule has 3 aromatic rings. The highest BCUT2D eigenvalue weighted by Crippen LogP contribution is 2.27. The maximum absolute atomic E-state index is 13.1. The molecule has 108 valence electrons. The van der Waals surface area contributed by atoms with E-state index in [1.165, 1.54) is 12.1 Å². The zero-order valence-corrected chi connectivity index (χ0v) is 11.9. The number of fused-ring (bicyclic) bond motifs is 1. The molecule has 7 heteroatoms. The normalized spacial score (nSPS) is 11.7. The van der Waals surface area contributed by atoms with Crippen LogP contribution in [0.3, 0.4) is 0 Å². The number of aromatic amines is 1. The molecule has 5 nitrogen and oxygen atoms in total. The highest BCUT2D eigenvalue weighted by Gasteiger charge is 2.09. The Morgan fingerprint density at radius 1 is 1.14 bits per heavy atom. The van der Waals surface area contributed by atoms with E-state index in [-0.39, 0.29) is 5.82 Å². The van der Waals surface area contributed by atoms with E-state index < -0.39 is 10.0 Å². The van der Waals surface area contributed by atoms with Crippen molar-refractivity contribution in [2.75, 3.05) is 11.0 Å². The van der Waals surface area contributed by atoms with Crippen molar-refractivity contribution in [1.82, 2.24) is 10.2 Å². The Hall–Kier alpha value is -2.41. The summed E-state index contributed by atoms with van der Waals surface area (Å²) in [5, 5.41) is 7.77. The fourth-order valence-corrected chi connectivity index (χ4v) is 2.69. The number of H-pyrrole nitrogens is 1.